The Hall–Kier alpha value is -1.80. The molecule has 0 saturated carbocycles. The molecule has 1 aromatic rings. The van der Waals surface area contributed by atoms with Crippen molar-refractivity contribution in [3.63, 3.8) is 0 Å². The van der Waals surface area contributed by atoms with Crippen LogP contribution in [-0.4, -0.2) is 32.2 Å². The van der Waals surface area contributed by atoms with Crippen LogP contribution in [0.2, 0.25) is 0 Å². The Morgan fingerprint density at radius 3 is 2.12 bits per heavy atom. The first-order valence-corrected chi connectivity index (χ1v) is 9.89. The number of ether oxygens (including phenoxy) is 1. The van der Waals surface area contributed by atoms with Crippen molar-refractivity contribution in [2.45, 2.75) is 30.5 Å². The van der Waals surface area contributed by atoms with Gasteiger partial charge in [-0.2, -0.15) is 4.31 Å². The summed E-state index contributed by atoms with van der Waals surface area (Å²) in [4.78, 5) is -0.0251. The maximum Gasteiger partial charge on any atom is 0.573 e. The third kappa shape index (κ3) is 4.48. The number of piperidine rings is 1. The van der Waals surface area contributed by atoms with Crippen LogP contribution in [0.25, 0.3) is 0 Å². The van der Waals surface area contributed by atoms with E-state index in [1.807, 2.05) is 0 Å². The minimum absolute atomic E-state index is 0.0251. The lowest BCUT2D eigenvalue weighted by Gasteiger charge is -2.34. The van der Waals surface area contributed by atoms with Crippen LogP contribution in [-0.2, 0) is 10.0 Å². The first kappa shape index (κ1) is 19.0. The summed E-state index contributed by atoms with van der Waals surface area (Å²) in [5, 5.41) is 0. The van der Waals surface area contributed by atoms with E-state index >= 15 is 0 Å². The predicted octanol–water partition coefficient (Wildman–Crippen LogP) is 4.12. The number of sulfonamides is 1. The smallest absolute Gasteiger partial charge is 0.406 e. The fraction of sp³-hybridized carbons (Fsp3) is 0.444. The van der Waals surface area contributed by atoms with E-state index in [1.165, 1.54) is 4.31 Å². The van der Waals surface area contributed by atoms with Crippen molar-refractivity contribution in [2.24, 2.45) is 11.8 Å². The lowest BCUT2D eigenvalue weighted by atomic mass is 9.83. The Bertz CT molecular complexity index is 765. The molecule has 26 heavy (non-hydrogen) atoms. The van der Waals surface area contributed by atoms with Gasteiger partial charge in [0.1, 0.15) is 5.75 Å². The Labute approximate surface area is 151 Å². The van der Waals surface area contributed by atoms with Gasteiger partial charge in [0, 0.05) is 13.1 Å². The predicted molar refractivity (Wildman–Crippen MR) is 91.0 cm³/mol. The summed E-state index contributed by atoms with van der Waals surface area (Å²) in [6, 6.07) is 4.33. The highest BCUT2D eigenvalue weighted by Crippen LogP contribution is 2.32. The van der Waals surface area contributed by atoms with Gasteiger partial charge in [-0.3, -0.25) is 0 Å². The molecule has 0 aromatic heterocycles. The van der Waals surface area contributed by atoms with Crippen molar-refractivity contribution in [1.82, 2.24) is 4.31 Å². The number of allylic oxidation sites excluding steroid dienone is 4. The molecule has 0 bridgehead atoms. The summed E-state index contributed by atoms with van der Waals surface area (Å²) in [6.07, 6.45) is 6.25. The summed E-state index contributed by atoms with van der Waals surface area (Å²) in [5.74, 6) is 0.329. The lowest BCUT2D eigenvalue weighted by molar-refractivity contribution is -0.274. The largest absolute Gasteiger partial charge is 0.573 e. The average Bonchev–Trinajstić information content (AvgIpc) is 2.62. The Morgan fingerprint density at radius 2 is 1.58 bits per heavy atom. The van der Waals surface area contributed by atoms with Crippen LogP contribution < -0.4 is 4.74 Å². The van der Waals surface area contributed by atoms with E-state index in [4.69, 9.17) is 0 Å². The monoisotopic (exact) mass is 387 g/mol. The molecular formula is C18H20F3NO3S. The molecule has 0 unspecified atom stereocenters. The molecule has 1 saturated heterocycles. The van der Waals surface area contributed by atoms with E-state index in [0.717, 1.165) is 43.5 Å². The normalized spacial score (nSPS) is 20.4. The third-order valence-corrected chi connectivity index (χ3v) is 6.64. The fourth-order valence-corrected chi connectivity index (χ4v) is 4.86. The number of alkyl halides is 3. The molecular weight excluding hydrogens is 367 g/mol. The van der Waals surface area contributed by atoms with Crippen molar-refractivity contribution in [3.05, 3.63) is 48.6 Å². The van der Waals surface area contributed by atoms with Gasteiger partial charge in [0.2, 0.25) is 10.0 Å². The van der Waals surface area contributed by atoms with E-state index in [1.54, 1.807) is 0 Å². The molecule has 1 heterocycles. The summed E-state index contributed by atoms with van der Waals surface area (Å²) < 4.78 is 67.2. The standard InChI is InChI=1S/C18H20F3NO3S/c19-18(20,21)25-16-6-8-17(9-7-16)26(23,24)22-12-10-15(11-13-22)14-4-2-1-3-5-14/h2-9,14-15H,1,10-13H2. The first-order chi connectivity index (χ1) is 12.3. The number of hydrogen-bond acceptors (Lipinski definition) is 3. The van der Waals surface area contributed by atoms with Crippen LogP contribution in [0.3, 0.4) is 0 Å². The van der Waals surface area contributed by atoms with Crippen LogP contribution in [0.15, 0.2) is 53.5 Å². The highest BCUT2D eigenvalue weighted by molar-refractivity contribution is 7.89. The summed E-state index contributed by atoms with van der Waals surface area (Å²) >= 11 is 0. The van der Waals surface area contributed by atoms with Gasteiger partial charge in [-0.15, -0.1) is 13.2 Å². The van der Waals surface area contributed by atoms with E-state index in [2.05, 4.69) is 29.0 Å². The molecule has 1 aliphatic heterocycles. The Morgan fingerprint density at radius 1 is 1.00 bits per heavy atom. The van der Waals surface area contributed by atoms with Crippen molar-refractivity contribution in [2.75, 3.05) is 13.1 Å². The Kier molecular flexibility index (Phi) is 5.43. The Balaban J connectivity index is 1.64. The van der Waals surface area contributed by atoms with Crippen LogP contribution >= 0.6 is 0 Å². The molecule has 0 atom stereocenters. The molecule has 8 heteroatoms. The van der Waals surface area contributed by atoms with Crippen molar-refractivity contribution in [3.8, 4) is 5.75 Å². The van der Waals surface area contributed by atoms with Crippen LogP contribution in [0.4, 0.5) is 13.2 Å². The second-order valence-electron chi connectivity index (χ2n) is 6.43. The van der Waals surface area contributed by atoms with Gasteiger partial charge in [-0.25, -0.2) is 8.42 Å². The minimum atomic E-state index is -4.80. The number of rotatable bonds is 4. The molecule has 2 aliphatic rings. The highest BCUT2D eigenvalue weighted by Gasteiger charge is 2.33. The molecule has 0 spiro atoms. The summed E-state index contributed by atoms with van der Waals surface area (Å²) in [5.41, 5.74) is 0. The zero-order valence-electron chi connectivity index (χ0n) is 14.0. The molecule has 0 N–H and O–H groups in total. The molecule has 1 fully saturated rings. The molecule has 0 amide bonds. The molecule has 142 valence electrons. The first-order valence-electron chi connectivity index (χ1n) is 8.45. The van der Waals surface area contributed by atoms with Crippen molar-refractivity contribution >= 4 is 10.0 Å². The zero-order valence-corrected chi connectivity index (χ0v) is 14.8. The summed E-state index contributed by atoms with van der Waals surface area (Å²) in [6.45, 7) is 0.817. The summed E-state index contributed by atoms with van der Waals surface area (Å²) in [7, 11) is -3.72. The third-order valence-electron chi connectivity index (χ3n) is 4.73. The van der Waals surface area contributed by atoms with Gasteiger partial charge in [-0.1, -0.05) is 24.3 Å². The molecule has 4 nitrogen and oxygen atoms in total. The fourth-order valence-electron chi connectivity index (χ4n) is 3.39. The van der Waals surface area contributed by atoms with Gasteiger partial charge in [-0.05, 0) is 55.4 Å². The SMILES string of the molecule is O=S(=O)(c1ccc(OC(F)(F)F)cc1)N1CCC(C2C=CCC=C2)CC1. The number of nitrogens with zero attached hydrogens (tertiary/aromatic N) is 1. The van der Waals surface area contributed by atoms with Crippen molar-refractivity contribution in [1.29, 1.82) is 0 Å². The molecule has 3 rings (SSSR count). The van der Waals surface area contributed by atoms with E-state index in [9.17, 15) is 21.6 Å². The zero-order chi connectivity index (χ0) is 18.8. The van der Waals surface area contributed by atoms with E-state index in [-0.39, 0.29) is 4.90 Å². The minimum Gasteiger partial charge on any atom is -0.406 e. The van der Waals surface area contributed by atoms with Crippen LogP contribution in [0.5, 0.6) is 5.75 Å². The molecule has 1 aromatic carbocycles. The topological polar surface area (TPSA) is 46.6 Å². The highest BCUT2D eigenvalue weighted by atomic mass is 32.2. The second-order valence-corrected chi connectivity index (χ2v) is 8.37. The van der Waals surface area contributed by atoms with Gasteiger partial charge in [0.15, 0.2) is 0 Å². The van der Waals surface area contributed by atoms with E-state index in [0.29, 0.717) is 24.9 Å². The molecule has 1 aliphatic carbocycles. The van der Waals surface area contributed by atoms with Gasteiger partial charge in [0.25, 0.3) is 0 Å². The number of benzene rings is 1. The van der Waals surface area contributed by atoms with Gasteiger partial charge in [0.05, 0.1) is 4.90 Å². The maximum absolute atomic E-state index is 12.7. The second kappa shape index (κ2) is 7.44. The van der Waals surface area contributed by atoms with Crippen molar-refractivity contribution < 1.29 is 26.3 Å². The molecule has 0 radical (unpaired) electrons. The van der Waals surface area contributed by atoms with E-state index < -0.39 is 22.1 Å². The quantitative estimate of drug-likeness (QED) is 0.731. The number of hydrogen-bond donors (Lipinski definition) is 0. The number of halogens is 3. The van der Waals surface area contributed by atoms with Crippen LogP contribution in [0, 0.1) is 11.8 Å². The van der Waals surface area contributed by atoms with Crippen LogP contribution in [0.1, 0.15) is 19.3 Å². The average molecular weight is 387 g/mol. The lowest BCUT2D eigenvalue weighted by Crippen LogP contribution is -2.39. The van der Waals surface area contributed by atoms with Gasteiger partial charge >= 0.3 is 6.36 Å². The van der Waals surface area contributed by atoms with Gasteiger partial charge < -0.3 is 4.74 Å². The maximum atomic E-state index is 12.7.